The highest BCUT2D eigenvalue weighted by Crippen LogP contribution is 2.30. The third kappa shape index (κ3) is 4.52. The summed E-state index contributed by atoms with van der Waals surface area (Å²) in [6, 6.07) is 14.4. The molecule has 0 radical (unpaired) electrons. The van der Waals surface area contributed by atoms with E-state index >= 15 is 0 Å². The lowest BCUT2D eigenvalue weighted by Crippen LogP contribution is -2.15. The molecular weight excluding hydrogens is 298 g/mol. The van der Waals surface area contributed by atoms with Gasteiger partial charge in [0.1, 0.15) is 11.5 Å². The molecule has 22 heavy (non-hydrogen) atoms. The number of likely N-dealkylation sites (N-methyl/N-ethyl adjacent to an activating group) is 1. The van der Waals surface area contributed by atoms with Crippen molar-refractivity contribution in [2.24, 2.45) is 0 Å². The Hall–Kier alpha value is -1.97. The molecule has 0 atom stereocenters. The Labute approximate surface area is 137 Å². The number of hydrogen-bond acceptors (Lipinski definition) is 3. The summed E-state index contributed by atoms with van der Waals surface area (Å²) in [4.78, 5) is 2.10. The molecule has 0 aliphatic rings. The van der Waals surface area contributed by atoms with Gasteiger partial charge in [-0.3, -0.25) is 0 Å². The van der Waals surface area contributed by atoms with Crippen molar-refractivity contribution < 1.29 is 10.2 Å². The summed E-state index contributed by atoms with van der Waals surface area (Å²) in [5, 5.41) is 19.5. The number of nitrogens with zero attached hydrogens (tertiary/aromatic N) is 1. The van der Waals surface area contributed by atoms with Crippen molar-refractivity contribution >= 4 is 18.0 Å². The molecule has 0 bridgehead atoms. The molecule has 0 spiro atoms. The smallest absolute Gasteiger partial charge is 0.116 e. The van der Waals surface area contributed by atoms with Crippen LogP contribution < -0.4 is 0 Å². The van der Waals surface area contributed by atoms with Crippen molar-refractivity contribution in [3.8, 4) is 11.5 Å². The van der Waals surface area contributed by atoms with E-state index in [1.54, 1.807) is 24.3 Å². The van der Waals surface area contributed by atoms with E-state index in [0.717, 1.165) is 23.2 Å². The molecule has 0 saturated carbocycles. The normalized spacial score (nSPS) is 10.2. The van der Waals surface area contributed by atoms with Crippen LogP contribution in [-0.2, 0) is 0 Å². The molecule has 0 unspecified atom stereocenters. The Bertz CT molecular complexity index is 618. The minimum atomic E-state index is 0. The molecule has 3 nitrogen and oxygen atoms in total. The number of benzene rings is 2. The van der Waals surface area contributed by atoms with Gasteiger partial charge < -0.3 is 15.1 Å². The van der Waals surface area contributed by atoms with E-state index in [1.165, 1.54) is 5.57 Å². The molecule has 0 aromatic heterocycles. The van der Waals surface area contributed by atoms with E-state index in [2.05, 4.69) is 11.8 Å². The Morgan fingerprint density at radius 2 is 1.36 bits per heavy atom. The first kappa shape index (κ1) is 18.1. The predicted octanol–water partition coefficient (Wildman–Crippen LogP) is 3.90. The van der Waals surface area contributed by atoms with Gasteiger partial charge >= 0.3 is 0 Å². The van der Waals surface area contributed by atoms with Crippen molar-refractivity contribution in [2.45, 2.75) is 6.92 Å². The molecule has 0 heterocycles. The Kier molecular flexibility index (Phi) is 6.47. The zero-order chi connectivity index (χ0) is 15.4. The van der Waals surface area contributed by atoms with Gasteiger partial charge in [0.2, 0.25) is 0 Å². The van der Waals surface area contributed by atoms with Crippen LogP contribution in [-0.4, -0.2) is 35.8 Å². The zero-order valence-corrected chi connectivity index (χ0v) is 13.9. The standard InChI is InChI=1S/C18H21NO2.ClH/c1-13(12-19(2)3)18(14-6-4-8-16(20)10-14)15-7-5-9-17(21)11-15;/h4-11,20-21H,12H2,1-3H3;1H. The molecular formula is C18H22ClNO2. The van der Waals surface area contributed by atoms with E-state index in [-0.39, 0.29) is 23.9 Å². The van der Waals surface area contributed by atoms with Crippen LogP contribution >= 0.6 is 12.4 Å². The first-order valence-electron chi connectivity index (χ1n) is 6.90. The predicted molar refractivity (Wildman–Crippen MR) is 93.7 cm³/mol. The van der Waals surface area contributed by atoms with Crippen LogP contribution in [0, 0.1) is 0 Å². The van der Waals surface area contributed by atoms with Crippen LogP contribution in [0.3, 0.4) is 0 Å². The van der Waals surface area contributed by atoms with E-state index in [0.29, 0.717) is 0 Å². The van der Waals surface area contributed by atoms with Crippen LogP contribution in [0.15, 0.2) is 54.1 Å². The largest absolute Gasteiger partial charge is 0.508 e. The highest BCUT2D eigenvalue weighted by Gasteiger charge is 2.11. The van der Waals surface area contributed by atoms with E-state index < -0.39 is 0 Å². The van der Waals surface area contributed by atoms with Gasteiger partial charge in [-0.1, -0.05) is 29.8 Å². The second-order valence-corrected chi connectivity index (χ2v) is 5.49. The van der Waals surface area contributed by atoms with Crippen molar-refractivity contribution in [1.29, 1.82) is 0 Å². The number of aromatic hydroxyl groups is 2. The average Bonchev–Trinajstić information content (AvgIpc) is 2.38. The van der Waals surface area contributed by atoms with Gasteiger partial charge in [-0.15, -0.1) is 12.4 Å². The maximum absolute atomic E-state index is 9.74. The SMILES string of the molecule is CC(CN(C)C)=C(c1cccc(O)c1)c1cccc(O)c1.Cl. The first-order valence-corrected chi connectivity index (χ1v) is 6.90. The zero-order valence-electron chi connectivity index (χ0n) is 13.1. The molecule has 0 aliphatic heterocycles. The third-order valence-corrected chi connectivity index (χ3v) is 3.25. The van der Waals surface area contributed by atoms with Crippen LogP contribution in [0.25, 0.3) is 5.57 Å². The van der Waals surface area contributed by atoms with E-state index in [1.807, 2.05) is 38.4 Å². The highest BCUT2D eigenvalue weighted by molar-refractivity contribution is 5.85. The minimum absolute atomic E-state index is 0. The third-order valence-electron chi connectivity index (χ3n) is 3.25. The first-order chi connectivity index (χ1) is 9.97. The summed E-state index contributed by atoms with van der Waals surface area (Å²) >= 11 is 0. The summed E-state index contributed by atoms with van der Waals surface area (Å²) in [7, 11) is 4.04. The van der Waals surface area contributed by atoms with Crippen molar-refractivity contribution in [3.63, 3.8) is 0 Å². The fraction of sp³-hybridized carbons (Fsp3) is 0.222. The van der Waals surface area contributed by atoms with E-state index in [4.69, 9.17) is 0 Å². The minimum Gasteiger partial charge on any atom is -0.508 e. The number of hydrogen-bond donors (Lipinski definition) is 2. The molecule has 2 aromatic carbocycles. The lowest BCUT2D eigenvalue weighted by atomic mass is 9.93. The van der Waals surface area contributed by atoms with Gasteiger partial charge in [0.05, 0.1) is 0 Å². The lowest BCUT2D eigenvalue weighted by molar-refractivity contribution is 0.446. The quantitative estimate of drug-likeness (QED) is 0.898. The summed E-state index contributed by atoms with van der Waals surface area (Å²) in [6.07, 6.45) is 0. The maximum atomic E-state index is 9.74. The van der Waals surface area contributed by atoms with E-state index in [9.17, 15) is 10.2 Å². The molecule has 0 amide bonds. The number of phenols is 2. The lowest BCUT2D eigenvalue weighted by Gasteiger charge is -2.17. The van der Waals surface area contributed by atoms with Gasteiger partial charge in [0, 0.05) is 6.54 Å². The molecule has 4 heteroatoms. The van der Waals surface area contributed by atoms with Gasteiger partial charge in [-0.25, -0.2) is 0 Å². The van der Waals surface area contributed by atoms with Crippen LogP contribution in [0.4, 0.5) is 0 Å². The summed E-state index contributed by atoms with van der Waals surface area (Å²) in [5.74, 6) is 0.477. The van der Waals surface area contributed by atoms with Crippen LogP contribution in [0.5, 0.6) is 11.5 Å². The van der Waals surface area contributed by atoms with Crippen molar-refractivity contribution in [1.82, 2.24) is 4.90 Å². The molecule has 0 saturated heterocycles. The molecule has 2 rings (SSSR count). The van der Waals surface area contributed by atoms with Crippen molar-refractivity contribution in [3.05, 3.63) is 65.2 Å². The molecule has 0 aliphatic carbocycles. The van der Waals surface area contributed by atoms with Crippen LogP contribution in [0.2, 0.25) is 0 Å². The van der Waals surface area contributed by atoms with Gasteiger partial charge in [0.25, 0.3) is 0 Å². The number of phenolic OH excluding ortho intramolecular Hbond substituents is 2. The Morgan fingerprint density at radius 1 is 0.909 bits per heavy atom. The monoisotopic (exact) mass is 319 g/mol. The Balaban J connectivity index is 0.00000242. The summed E-state index contributed by atoms with van der Waals surface area (Å²) in [6.45, 7) is 2.88. The summed E-state index contributed by atoms with van der Waals surface area (Å²) < 4.78 is 0. The number of halogens is 1. The molecule has 0 fully saturated rings. The topological polar surface area (TPSA) is 43.7 Å². The van der Waals surface area contributed by atoms with Gasteiger partial charge in [-0.05, 0) is 62.0 Å². The fourth-order valence-electron chi connectivity index (χ4n) is 2.54. The Morgan fingerprint density at radius 3 is 1.73 bits per heavy atom. The van der Waals surface area contributed by atoms with Crippen molar-refractivity contribution in [2.75, 3.05) is 20.6 Å². The second-order valence-electron chi connectivity index (χ2n) is 5.49. The van der Waals surface area contributed by atoms with Gasteiger partial charge in [0.15, 0.2) is 0 Å². The summed E-state index contributed by atoms with van der Waals surface area (Å²) in [5.41, 5.74) is 4.10. The molecule has 2 aromatic rings. The molecule has 2 N–H and O–H groups in total. The number of rotatable bonds is 4. The fourth-order valence-corrected chi connectivity index (χ4v) is 2.54. The average molecular weight is 320 g/mol. The van der Waals surface area contributed by atoms with Crippen LogP contribution in [0.1, 0.15) is 18.1 Å². The highest BCUT2D eigenvalue weighted by atomic mass is 35.5. The second kappa shape index (κ2) is 7.87. The maximum Gasteiger partial charge on any atom is 0.116 e. The van der Waals surface area contributed by atoms with Gasteiger partial charge in [-0.2, -0.15) is 0 Å². The molecule has 118 valence electrons.